The van der Waals surface area contributed by atoms with Gasteiger partial charge in [0, 0.05) is 18.5 Å². The van der Waals surface area contributed by atoms with Crippen molar-refractivity contribution in [2.24, 2.45) is 11.7 Å². The molecule has 0 aliphatic heterocycles. The van der Waals surface area contributed by atoms with E-state index in [9.17, 15) is 19.3 Å². The molecule has 0 radical (unpaired) electrons. The van der Waals surface area contributed by atoms with Crippen LogP contribution < -0.4 is 11.1 Å². The zero-order valence-electron chi connectivity index (χ0n) is 9.14. The van der Waals surface area contributed by atoms with Crippen molar-refractivity contribution in [1.29, 1.82) is 0 Å². The number of nitrogens with two attached hydrogens (primary N) is 1. The lowest BCUT2D eigenvalue weighted by atomic mass is 10.1. The molecule has 0 spiro atoms. The molecular formula is C10H12FN3O3. The lowest BCUT2D eigenvalue weighted by Gasteiger charge is -2.09. The van der Waals surface area contributed by atoms with Gasteiger partial charge in [-0.15, -0.1) is 0 Å². The monoisotopic (exact) mass is 241 g/mol. The number of hydrogen-bond acceptors (Lipinski definition) is 4. The number of hydrogen-bond donors (Lipinski definition) is 2. The normalized spacial score (nSPS) is 11.9. The van der Waals surface area contributed by atoms with Crippen molar-refractivity contribution in [2.75, 3.05) is 11.9 Å². The molecule has 0 saturated heterocycles. The summed E-state index contributed by atoms with van der Waals surface area (Å²) < 4.78 is 13.0. The van der Waals surface area contributed by atoms with E-state index in [0.29, 0.717) is 0 Å². The maximum atomic E-state index is 13.0. The van der Waals surface area contributed by atoms with Crippen LogP contribution in [0, 0.1) is 21.8 Å². The van der Waals surface area contributed by atoms with Gasteiger partial charge in [-0.3, -0.25) is 14.9 Å². The quantitative estimate of drug-likeness (QED) is 0.612. The molecule has 0 aromatic heterocycles. The van der Waals surface area contributed by atoms with E-state index in [1.807, 2.05) is 0 Å². The second-order valence-electron chi connectivity index (χ2n) is 3.58. The summed E-state index contributed by atoms with van der Waals surface area (Å²) in [5.41, 5.74) is 4.92. The topological polar surface area (TPSA) is 98.3 Å². The van der Waals surface area contributed by atoms with Crippen molar-refractivity contribution in [1.82, 2.24) is 0 Å². The summed E-state index contributed by atoms with van der Waals surface area (Å²) in [4.78, 5) is 21.2. The molecule has 1 aromatic rings. The molecule has 3 N–H and O–H groups in total. The fourth-order valence-corrected chi connectivity index (χ4v) is 1.12. The summed E-state index contributed by atoms with van der Waals surface area (Å²) in [6, 6.07) is 2.88. The number of rotatable bonds is 4. The van der Waals surface area contributed by atoms with E-state index in [-0.39, 0.29) is 12.2 Å². The Morgan fingerprint density at radius 2 is 2.24 bits per heavy atom. The number of non-ortho nitro benzene ring substituents is 1. The molecular weight excluding hydrogens is 229 g/mol. The summed E-state index contributed by atoms with van der Waals surface area (Å²) in [5, 5.41) is 12.9. The van der Waals surface area contributed by atoms with Crippen LogP contribution >= 0.6 is 0 Å². The van der Waals surface area contributed by atoms with Crippen LogP contribution in [0.5, 0.6) is 0 Å². The van der Waals surface area contributed by atoms with Gasteiger partial charge in [0.05, 0.1) is 16.7 Å². The van der Waals surface area contributed by atoms with Crippen molar-refractivity contribution in [2.45, 2.75) is 6.92 Å². The molecule has 0 aliphatic rings. The highest BCUT2D eigenvalue weighted by Crippen LogP contribution is 2.20. The lowest BCUT2D eigenvalue weighted by molar-refractivity contribution is -0.385. The predicted molar refractivity (Wildman–Crippen MR) is 59.9 cm³/mol. The molecule has 0 bridgehead atoms. The Bertz CT molecular complexity index is 450. The second-order valence-corrected chi connectivity index (χ2v) is 3.58. The van der Waals surface area contributed by atoms with Crippen molar-refractivity contribution >= 4 is 17.3 Å². The molecule has 1 amide bonds. The van der Waals surface area contributed by atoms with Crippen LogP contribution in [-0.2, 0) is 4.79 Å². The Morgan fingerprint density at radius 3 is 2.76 bits per heavy atom. The van der Waals surface area contributed by atoms with Gasteiger partial charge in [0.1, 0.15) is 5.82 Å². The zero-order chi connectivity index (χ0) is 13.0. The summed E-state index contributed by atoms with van der Waals surface area (Å²) in [6.07, 6.45) is 0. The number of carbonyl (C=O) groups is 1. The average Bonchev–Trinajstić information content (AvgIpc) is 2.26. The van der Waals surface area contributed by atoms with Crippen molar-refractivity contribution in [3.8, 4) is 0 Å². The molecule has 1 unspecified atom stereocenters. The SMILES string of the molecule is CC(CN)C(=O)Nc1cc(F)cc([N+](=O)[O-])c1. The number of benzene rings is 1. The van der Waals surface area contributed by atoms with E-state index in [0.717, 1.165) is 18.2 Å². The number of amides is 1. The summed E-state index contributed by atoms with van der Waals surface area (Å²) >= 11 is 0. The van der Waals surface area contributed by atoms with E-state index in [4.69, 9.17) is 5.73 Å². The zero-order valence-corrected chi connectivity index (χ0v) is 9.14. The Morgan fingerprint density at radius 1 is 1.59 bits per heavy atom. The standard InChI is InChI=1S/C10H12FN3O3/c1-6(5-12)10(15)13-8-2-7(11)3-9(4-8)14(16)17/h2-4,6H,5,12H2,1H3,(H,13,15). The smallest absolute Gasteiger partial charge is 0.274 e. The molecule has 0 heterocycles. The minimum atomic E-state index is -0.782. The Hall–Kier alpha value is -2.02. The number of nitrogens with zero attached hydrogens (tertiary/aromatic N) is 1. The molecule has 1 rings (SSSR count). The van der Waals surface area contributed by atoms with Gasteiger partial charge in [0.25, 0.3) is 5.69 Å². The molecule has 1 atom stereocenters. The number of halogens is 1. The largest absolute Gasteiger partial charge is 0.330 e. The molecule has 92 valence electrons. The number of nitro benzene ring substituents is 1. The van der Waals surface area contributed by atoms with Crippen LogP contribution in [0.3, 0.4) is 0 Å². The third-order valence-electron chi connectivity index (χ3n) is 2.16. The number of carbonyl (C=O) groups excluding carboxylic acids is 1. The van der Waals surface area contributed by atoms with Crippen LogP contribution in [0.1, 0.15) is 6.92 Å². The van der Waals surface area contributed by atoms with E-state index in [1.165, 1.54) is 0 Å². The van der Waals surface area contributed by atoms with Crippen LogP contribution in [0.2, 0.25) is 0 Å². The summed E-state index contributed by atoms with van der Waals surface area (Å²) in [7, 11) is 0. The third-order valence-corrected chi connectivity index (χ3v) is 2.16. The van der Waals surface area contributed by atoms with Gasteiger partial charge >= 0.3 is 0 Å². The number of nitrogens with one attached hydrogen (secondary N) is 1. The Labute approximate surface area is 96.8 Å². The summed E-state index contributed by atoms with van der Waals surface area (Å²) in [6.45, 7) is 1.74. The van der Waals surface area contributed by atoms with E-state index in [1.54, 1.807) is 6.92 Å². The molecule has 0 fully saturated rings. The fraction of sp³-hybridized carbons (Fsp3) is 0.300. The molecule has 0 aliphatic carbocycles. The van der Waals surface area contributed by atoms with Gasteiger partial charge in [-0.05, 0) is 6.07 Å². The number of anilines is 1. The Balaban J connectivity index is 2.92. The molecule has 6 nitrogen and oxygen atoms in total. The highest BCUT2D eigenvalue weighted by molar-refractivity contribution is 5.92. The van der Waals surface area contributed by atoms with Crippen LogP contribution in [0.25, 0.3) is 0 Å². The van der Waals surface area contributed by atoms with Gasteiger partial charge in [-0.1, -0.05) is 6.92 Å². The molecule has 7 heteroatoms. The van der Waals surface area contributed by atoms with E-state index in [2.05, 4.69) is 5.32 Å². The fourth-order valence-electron chi connectivity index (χ4n) is 1.12. The van der Waals surface area contributed by atoms with Crippen molar-refractivity contribution < 1.29 is 14.1 Å². The first-order valence-electron chi connectivity index (χ1n) is 4.90. The summed E-state index contributed by atoms with van der Waals surface area (Å²) in [5.74, 6) is -1.64. The van der Waals surface area contributed by atoms with Gasteiger partial charge in [0.2, 0.25) is 5.91 Å². The van der Waals surface area contributed by atoms with E-state index >= 15 is 0 Å². The maximum Gasteiger partial charge on any atom is 0.274 e. The highest BCUT2D eigenvalue weighted by atomic mass is 19.1. The van der Waals surface area contributed by atoms with Crippen molar-refractivity contribution in [3.05, 3.63) is 34.1 Å². The van der Waals surface area contributed by atoms with Gasteiger partial charge in [-0.25, -0.2) is 4.39 Å². The molecule has 17 heavy (non-hydrogen) atoms. The van der Waals surface area contributed by atoms with Gasteiger partial charge in [0.15, 0.2) is 0 Å². The van der Waals surface area contributed by atoms with E-state index < -0.39 is 28.3 Å². The first-order chi connectivity index (χ1) is 7.93. The molecule has 1 aromatic carbocycles. The minimum Gasteiger partial charge on any atom is -0.330 e. The minimum absolute atomic E-state index is 0.0435. The van der Waals surface area contributed by atoms with Gasteiger partial charge in [-0.2, -0.15) is 0 Å². The Kier molecular flexibility index (Phi) is 4.11. The average molecular weight is 241 g/mol. The lowest BCUT2D eigenvalue weighted by Crippen LogP contribution is -2.26. The highest BCUT2D eigenvalue weighted by Gasteiger charge is 2.14. The maximum absolute atomic E-state index is 13.0. The molecule has 0 saturated carbocycles. The second kappa shape index (κ2) is 5.35. The first-order valence-corrected chi connectivity index (χ1v) is 4.90. The number of nitro groups is 1. The third kappa shape index (κ3) is 3.49. The first kappa shape index (κ1) is 13.0. The van der Waals surface area contributed by atoms with Crippen LogP contribution in [0.15, 0.2) is 18.2 Å². The van der Waals surface area contributed by atoms with Crippen LogP contribution in [0.4, 0.5) is 15.8 Å². The van der Waals surface area contributed by atoms with Gasteiger partial charge < -0.3 is 11.1 Å². The van der Waals surface area contributed by atoms with Crippen LogP contribution in [-0.4, -0.2) is 17.4 Å². The predicted octanol–water partition coefficient (Wildman–Crippen LogP) is 1.27. The van der Waals surface area contributed by atoms with Crippen molar-refractivity contribution in [3.63, 3.8) is 0 Å².